The summed E-state index contributed by atoms with van der Waals surface area (Å²) in [5, 5.41) is 11.2. The fraction of sp³-hybridized carbons (Fsp3) is 0.250. The van der Waals surface area contributed by atoms with Crippen molar-refractivity contribution in [1.82, 2.24) is 24.7 Å². The Labute approximate surface area is 138 Å². The highest BCUT2D eigenvalue weighted by atomic mass is 32.1. The fourth-order valence-electron chi connectivity index (χ4n) is 2.32. The Morgan fingerprint density at radius 1 is 1.26 bits per heavy atom. The number of carbonyl (C=O) groups excluding carboxylic acids is 1. The first kappa shape index (κ1) is 15.4. The van der Waals surface area contributed by atoms with E-state index in [9.17, 15) is 4.79 Å². The number of carbonyl (C=O) groups is 1. The third kappa shape index (κ3) is 3.62. The molecule has 1 aromatic carbocycles. The number of nitrogens with zero attached hydrogens (tertiary/aromatic N) is 4. The van der Waals surface area contributed by atoms with E-state index in [2.05, 4.69) is 26.1 Å². The van der Waals surface area contributed by atoms with Crippen LogP contribution < -0.4 is 5.32 Å². The molecular formula is C16H17N5OS. The van der Waals surface area contributed by atoms with Gasteiger partial charge in [-0.05, 0) is 35.1 Å². The third-order valence-corrected chi connectivity index (χ3v) is 4.31. The molecule has 118 valence electrons. The van der Waals surface area contributed by atoms with Crippen molar-refractivity contribution in [1.29, 1.82) is 0 Å². The summed E-state index contributed by atoms with van der Waals surface area (Å²) >= 11 is 1.14. The van der Waals surface area contributed by atoms with Crippen LogP contribution >= 0.6 is 11.5 Å². The molecule has 3 rings (SSSR count). The van der Waals surface area contributed by atoms with Gasteiger partial charge in [0.15, 0.2) is 0 Å². The van der Waals surface area contributed by atoms with E-state index < -0.39 is 0 Å². The van der Waals surface area contributed by atoms with Gasteiger partial charge in [-0.2, -0.15) is 5.10 Å². The van der Waals surface area contributed by atoms with Gasteiger partial charge in [-0.25, -0.2) is 0 Å². The molecule has 23 heavy (non-hydrogen) atoms. The Bertz CT molecular complexity index is 781. The van der Waals surface area contributed by atoms with Crippen molar-refractivity contribution in [2.45, 2.75) is 26.4 Å². The van der Waals surface area contributed by atoms with E-state index in [1.807, 2.05) is 42.1 Å². The molecule has 0 fully saturated rings. The maximum absolute atomic E-state index is 12.3. The maximum Gasteiger partial charge on any atom is 0.265 e. The SMILES string of the molecule is CCc1nnsc1C(=O)NCc1ccccc1Cn1cccn1. The maximum atomic E-state index is 12.3. The van der Waals surface area contributed by atoms with Crippen molar-refractivity contribution in [3.05, 3.63) is 64.4 Å². The molecule has 7 heteroatoms. The number of amides is 1. The molecule has 0 spiro atoms. The van der Waals surface area contributed by atoms with Gasteiger partial charge >= 0.3 is 0 Å². The zero-order valence-corrected chi connectivity index (χ0v) is 13.6. The Morgan fingerprint density at radius 2 is 2.09 bits per heavy atom. The molecule has 2 aromatic heterocycles. The molecule has 3 aromatic rings. The molecule has 0 unspecified atom stereocenters. The monoisotopic (exact) mass is 327 g/mol. The predicted octanol–water partition coefficient (Wildman–Crippen LogP) is 2.28. The molecule has 0 aliphatic heterocycles. The van der Waals surface area contributed by atoms with Crippen LogP contribution in [0.5, 0.6) is 0 Å². The third-order valence-electron chi connectivity index (χ3n) is 3.55. The summed E-state index contributed by atoms with van der Waals surface area (Å²) in [4.78, 5) is 12.9. The summed E-state index contributed by atoms with van der Waals surface area (Å²) in [7, 11) is 0. The van der Waals surface area contributed by atoms with Gasteiger partial charge in [0.1, 0.15) is 4.88 Å². The van der Waals surface area contributed by atoms with E-state index in [1.165, 1.54) is 0 Å². The molecule has 0 radical (unpaired) electrons. The average Bonchev–Trinajstić information content (AvgIpc) is 3.25. The van der Waals surface area contributed by atoms with E-state index >= 15 is 0 Å². The lowest BCUT2D eigenvalue weighted by atomic mass is 10.1. The van der Waals surface area contributed by atoms with Crippen molar-refractivity contribution < 1.29 is 4.79 Å². The number of hydrogen-bond donors (Lipinski definition) is 1. The van der Waals surface area contributed by atoms with Gasteiger partial charge in [0, 0.05) is 18.9 Å². The number of hydrogen-bond acceptors (Lipinski definition) is 5. The van der Waals surface area contributed by atoms with Crippen LogP contribution in [0.4, 0.5) is 0 Å². The van der Waals surface area contributed by atoms with Gasteiger partial charge in [-0.3, -0.25) is 9.48 Å². The normalized spacial score (nSPS) is 10.7. The highest BCUT2D eigenvalue weighted by Gasteiger charge is 2.15. The van der Waals surface area contributed by atoms with Crippen LogP contribution in [0.15, 0.2) is 42.7 Å². The zero-order valence-electron chi connectivity index (χ0n) is 12.8. The largest absolute Gasteiger partial charge is 0.347 e. The summed E-state index contributed by atoms with van der Waals surface area (Å²) in [6, 6.07) is 9.93. The first-order valence-corrected chi connectivity index (χ1v) is 8.19. The molecule has 0 bridgehead atoms. The predicted molar refractivity (Wildman–Crippen MR) is 88.2 cm³/mol. The Hall–Kier alpha value is -2.54. The van der Waals surface area contributed by atoms with Crippen LogP contribution in [0.25, 0.3) is 0 Å². The van der Waals surface area contributed by atoms with Crippen molar-refractivity contribution in [2.24, 2.45) is 0 Å². The van der Waals surface area contributed by atoms with Crippen LogP contribution in [0, 0.1) is 0 Å². The molecular weight excluding hydrogens is 310 g/mol. The van der Waals surface area contributed by atoms with E-state index in [0.29, 0.717) is 24.4 Å². The molecule has 0 saturated carbocycles. The zero-order chi connectivity index (χ0) is 16.1. The topological polar surface area (TPSA) is 72.7 Å². The second-order valence-corrected chi connectivity index (χ2v) is 5.81. The number of nitrogens with one attached hydrogen (secondary N) is 1. The molecule has 0 atom stereocenters. The van der Waals surface area contributed by atoms with E-state index in [4.69, 9.17) is 0 Å². The average molecular weight is 327 g/mol. The summed E-state index contributed by atoms with van der Waals surface area (Å²) in [6.45, 7) is 3.12. The van der Waals surface area contributed by atoms with Crippen molar-refractivity contribution in [2.75, 3.05) is 0 Å². The van der Waals surface area contributed by atoms with E-state index in [1.54, 1.807) is 6.20 Å². The number of aromatic nitrogens is 4. The van der Waals surface area contributed by atoms with Gasteiger partial charge in [0.25, 0.3) is 5.91 Å². The number of rotatable bonds is 6. The molecule has 0 aliphatic carbocycles. The Balaban J connectivity index is 1.70. The second-order valence-electron chi connectivity index (χ2n) is 5.06. The molecule has 0 aliphatic rings. The highest BCUT2D eigenvalue weighted by Crippen LogP contribution is 2.13. The number of benzene rings is 1. The Kier molecular flexibility index (Phi) is 4.77. The van der Waals surface area contributed by atoms with Crippen LogP contribution in [-0.4, -0.2) is 25.3 Å². The smallest absolute Gasteiger partial charge is 0.265 e. The summed E-state index contributed by atoms with van der Waals surface area (Å²) in [5.41, 5.74) is 2.96. The molecule has 1 amide bonds. The van der Waals surface area contributed by atoms with Crippen molar-refractivity contribution >= 4 is 17.4 Å². The van der Waals surface area contributed by atoms with Gasteiger partial charge in [0.05, 0.1) is 12.2 Å². The van der Waals surface area contributed by atoms with Crippen LogP contribution in [0.2, 0.25) is 0 Å². The quantitative estimate of drug-likeness (QED) is 0.754. The van der Waals surface area contributed by atoms with Crippen LogP contribution in [-0.2, 0) is 19.5 Å². The summed E-state index contributed by atoms with van der Waals surface area (Å²) < 4.78 is 5.72. The van der Waals surface area contributed by atoms with Crippen LogP contribution in [0.1, 0.15) is 33.4 Å². The molecule has 6 nitrogen and oxygen atoms in total. The highest BCUT2D eigenvalue weighted by molar-refractivity contribution is 7.08. The first-order chi connectivity index (χ1) is 11.3. The van der Waals surface area contributed by atoms with Gasteiger partial charge in [-0.15, -0.1) is 5.10 Å². The lowest BCUT2D eigenvalue weighted by molar-refractivity contribution is 0.0954. The summed E-state index contributed by atoms with van der Waals surface area (Å²) in [5.74, 6) is -0.120. The van der Waals surface area contributed by atoms with E-state index in [0.717, 1.165) is 28.4 Å². The van der Waals surface area contributed by atoms with Gasteiger partial charge < -0.3 is 5.32 Å². The first-order valence-electron chi connectivity index (χ1n) is 7.41. The lowest BCUT2D eigenvalue weighted by Crippen LogP contribution is -2.23. The Morgan fingerprint density at radius 3 is 2.83 bits per heavy atom. The fourth-order valence-corrected chi connectivity index (χ4v) is 2.99. The molecule has 0 saturated heterocycles. The summed E-state index contributed by atoms with van der Waals surface area (Å²) in [6.07, 6.45) is 4.38. The minimum Gasteiger partial charge on any atom is -0.347 e. The van der Waals surface area contributed by atoms with E-state index in [-0.39, 0.29) is 5.91 Å². The minimum absolute atomic E-state index is 0.120. The van der Waals surface area contributed by atoms with Crippen molar-refractivity contribution in [3.63, 3.8) is 0 Å². The molecule has 1 N–H and O–H groups in total. The lowest BCUT2D eigenvalue weighted by Gasteiger charge is -2.10. The van der Waals surface area contributed by atoms with Crippen LogP contribution in [0.3, 0.4) is 0 Å². The molecule has 2 heterocycles. The number of aryl methyl sites for hydroxylation is 1. The minimum atomic E-state index is -0.120. The van der Waals surface area contributed by atoms with Gasteiger partial charge in [-0.1, -0.05) is 35.7 Å². The van der Waals surface area contributed by atoms with Gasteiger partial charge in [0.2, 0.25) is 0 Å². The second kappa shape index (κ2) is 7.15. The standard InChI is InChI=1S/C16H17N5OS/c1-2-14-15(23-20-19-14)16(22)17-10-12-6-3-4-7-13(12)11-21-9-5-8-18-21/h3-9H,2,10-11H2,1H3,(H,17,22). The van der Waals surface area contributed by atoms with Crippen molar-refractivity contribution in [3.8, 4) is 0 Å².